The number of Topliss-reactive ketones (excluding diaryl/α,β-unsaturated/α-hetero) is 1. The van der Waals surface area contributed by atoms with Crippen LogP contribution in [-0.2, 0) is 23.8 Å². The molecule has 2 rings (SSSR count). The molecule has 0 aromatic rings. The van der Waals surface area contributed by atoms with Gasteiger partial charge in [0.25, 0.3) is 0 Å². The zero-order chi connectivity index (χ0) is 18.1. The number of hydrogen-bond acceptors (Lipinski definition) is 5. The number of carbonyl (C=O) groups is 2. The molecule has 142 valence electrons. The normalized spacial score (nSPS) is 27.0. The molecule has 1 aliphatic heterocycles. The Balaban J connectivity index is 1.52. The van der Waals surface area contributed by atoms with Gasteiger partial charge in [-0.05, 0) is 39.5 Å². The largest absolute Gasteiger partial charge is 0.466 e. The van der Waals surface area contributed by atoms with Gasteiger partial charge in [-0.15, -0.1) is 0 Å². The average molecular weight is 352 g/mol. The SMILES string of the molecule is CCOC(=O)CCCCC/C=C/COC(C)C1CC(=O)CCC12CO2. The van der Waals surface area contributed by atoms with Crippen molar-refractivity contribution in [1.82, 2.24) is 0 Å². The first kappa shape index (κ1) is 20.1. The lowest BCUT2D eigenvalue weighted by Gasteiger charge is -2.32. The summed E-state index contributed by atoms with van der Waals surface area (Å²) in [6.07, 6.45) is 10.8. The van der Waals surface area contributed by atoms with Gasteiger partial charge in [-0.25, -0.2) is 0 Å². The molecule has 0 amide bonds. The third kappa shape index (κ3) is 6.55. The van der Waals surface area contributed by atoms with Crippen molar-refractivity contribution in [1.29, 1.82) is 0 Å². The highest BCUT2D eigenvalue weighted by Gasteiger charge is 2.55. The van der Waals surface area contributed by atoms with E-state index in [4.69, 9.17) is 14.2 Å². The molecule has 5 heteroatoms. The second-order valence-electron chi connectivity index (χ2n) is 7.12. The summed E-state index contributed by atoms with van der Waals surface area (Å²) in [5, 5.41) is 0. The molecular formula is C20H32O5. The number of unbranched alkanes of at least 4 members (excludes halogenated alkanes) is 3. The molecule has 3 unspecified atom stereocenters. The summed E-state index contributed by atoms with van der Waals surface area (Å²) in [6, 6.07) is 0. The average Bonchev–Trinajstić information content (AvgIpc) is 3.36. The number of carbonyl (C=O) groups excluding carboxylic acids is 2. The number of ether oxygens (including phenoxy) is 3. The van der Waals surface area contributed by atoms with Crippen LogP contribution in [0, 0.1) is 5.92 Å². The minimum atomic E-state index is -0.0981. The highest BCUT2D eigenvalue weighted by atomic mass is 16.6. The molecule has 0 radical (unpaired) electrons. The molecule has 2 aliphatic rings. The van der Waals surface area contributed by atoms with Crippen LogP contribution in [0.25, 0.3) is 0 Å². The number of ketones is 1. The van der Waals surface area contributed by atoms with Crippen LogP contribution in [0.2, 0.25) is 0 Å². The van der Waals surface area contributed by atoms with Crippen LogP contribution in [0.15, 0.2) is 12.2 Å². The standard InChI is InChI=1S/C20H32O5/c1-3-23-19(22)10-8-6-4-5-7-9-13-24-16(2)18-14-17(21)11-12-20(18)15-25-20/h7,9,16,18H,3-6,8,10-15H2,1-2H3/b9-7+. The third-order valence-electron chi connectivity index (χ3n) is 5.21. The third-order valence-corrected chi connectivity index (χ3v) is 5.21. The summed E-state index contributed by atoms with van der Waals surface area (Å²) >= 11 is 0. The van der Waals surface area contributed by atoms with E-state index < -0.39 is 0 Å². The van der Waals surface area contributed by atoms with Crippen LogP contribution in [-0.4, -0.2) is 43.3 Å². The number of rotatable bonds is 11. The summed E-state index contributed by atoms with van der Waals surface area (Å²) in [6.45, 7) is 5.69. The molecule has 1 saturated heterocycles. The number of epoxide rings is 1. The summed E-state index contributed by atoms with van der Waals surface area (Å²) in [5.41, 5.74) is -0.0734. The highest BCUT2D eigenvalue weighted by molar-refractivity contribution is 5.80. The van der Waals surface area contributed by atoms with Crippen LogP contribution >= 0.6 is 0 Å². The van der Waals surface area contributed by atoms with E-state index in [1.165, 1.54) is 0 Å². The first-order valence-electron chi connectivity index (χ1n) is 9.65. The zero-order valence-electron chi connectivity index (χ0n) is 15.6. The van der Waals surface area contributed by atoms with Crippen molar-refractivity contribution in [3.8, 4) is 0 Å². The molecule has 2 fully saturated rings. The quantitative estimate of drug-likeness (QED) is 0.246. The Morgan fingerprint density at radius 1 is 1.36 bits per heavy atom. The van der Waals surface area contributed by atoms with Gasteiger partial charge in [0.1, 0.15) is 5.78 Å². The van der Waals surface area contributed by atoms with Crippen LogP contribution in [0.4, 0.5) is 0 Å². The van der Waals surface area contributed by atoms with Crippen molar-refractivity contribution >= 4 is 11.8 Å². The summed E-state index contributed by atoms with van der Waals surface area (Å²) in [4.78, 5) is 22.9. The van der Waals surface area contributed by atoms with Crippen molar-refractivity contribution in [3.05, 3.63) is 12.2 Å². The van der Waals surface area contributed by atoms with Crippen molar-refractivity contribution in [2.24, 2.45) is 5.92 Å². The topological polar surface area (TPSA) is 65.1 Å². The maximum atomic E-state index is 11.7. The molecule has 0 bridgehead atoms. The van der Waals surface area contributed by atoms with Gasteiger partial charge in [-0.2, -0.15) is 0 Å². The Morgan fingerprint density at radius 3 is 2.88 bits per heavy atom. The van der Waals surface area contributed by atoms with Gasteiger partial charge in [-0.1, -0.05) is 18.6 Å². The summed E-state index contributed by atoms with van der Waals surface area (Å²) in [7, 11) is 0. The maximum Gasteiger partial charge on any atom is 0.305 e. The Labute approximate surface area is 151 Å². The minimum Gasteiger partial charge on any atom is -0.466 e. The Bertz CT molecular complexity index is 467. The van der Waals surface area contributed by atoms with Crippen molar-refractivity contribution < 1.29 is 23.8 Å². The molecule has 0 aromatic heterocycles. The second-order valence-corrected chi connectivity index (χ2v) is 7.12. The lowest BCUT2D eigenvalue weighted by molar-refractivity contribution is -0.143. The van der Waals surface area contributed by atoms with Crippen LogP contribution in [0.5, 0.6) is 0 Å². The Hall–Kier alpha value is -1.20. The summed E-state index contributed by atoms with van der Waals surface area (Å²) < 4.78 is 16.5. The predicted molar refractivity (Wildman–Crippen MR) is 95.3 cm³/mol. The van der Waals surface area contributed by atoms with E-state index in [0.717, 1.165) is 38.7 Å². The summed E-state index contributed by atoms with van der Waals surface area (Å²) in [5.74, 6) is 0.434. The molecule has 1 heterocycles. The fourth-order valence-corrected chi connectivity index (χ4v) is 3.57. The molecule has 25 heavy (non-hydrogen) atoms. The molecule has 1 saturated carbocycles. The van der Waals surface area contributed by atoms with E-state index in [9.17, 15) is 9.59 Å². The van der Waals surface area contributed by atoms with E-state index >= 15 is 0 Å². The zero-order valence-corrected chi connectivity index (χ0v) is 15.6. The van der Waals surface area contributed by atoms with E-state index in [0.29, 0.717) is 38.3 Å². The van der Waals surface area contributed by atoms with Gasteiger partial charge >= 0.3 is 5.97 Å². The van der Waals surface area contributed by atoms with Crippen molar-refractivity contribution in [2.75, 3.05) is 19.8 Å². The molecule has 5 nitrogen and oxygen atoms in total. The minimum absolute atomic E-state index is 0.0426. The predicted octanol–water partition coefficient (Wildman–Crippen LogP) is 3.60. The van der Waals surface area contributed by atoms with E-state index in [1.807, 2.05) is 13.0 Å². The molecule has 3 atom stereocenters. The highest BCUT2D eigenvalue weighted by Crippen LogP contribution is 2.47. The molecule has 0 N–H and O–H groups in total. The van der Waals surface area contributed by atoms with E-state index in [-0.39, 0.29) is 23.6 Å². The monoisotopic (exact) mass is 352 g/mol. The second kappa shape index (κ2) is 10.1. The Morgan fingerprint density at radius 2 is 2.16 bits per heavy atom. The van der Waals surface area contributed by atoms with E-state index in [1.54, 1.807) is 0 Å². The number of allylic oxidation sites excluding steroid dienone is 1. The molecular weight excluding hydrogens is 320 g/mol. The van der Waals surface area contributed by atoms with Gasteiger partial charge in [0, 0.05) is 25.2 Å². The molecule has 1 spiro atoms. The number of hydrogen-bond donors (Lipinski definition) is 0. The lowest BCUT2D eigenvalue weighted by Crippen LogP contribution is -2.40. The van der Waals surface area contributed by atoms with Gasteiger partial charge in [0.05, 0.1) is 31.5 Å². The smallest absolute Gasteiger partial charge is 0.305 e. The Kier molecular flexibility index (Phi) is 8.10. The molecule has 0 aromatic carbocycles. The number of esters is 1. The first-order chi connectivity index (χ1) is 12.1. The van der Waals surface area contributed by atoms with Crippen LogP contribution in [0.3, 0.4) is 0 Å². The fraction of sp³-hybridized carbons (Fsp3) is 0.800. The van der Waals surface area contributed by atoms with Crippen LogP contribution < -0.4 is 0 Å². The maximum absolute atomic E-state index is 11.7. The van der Waals surface area contributed by atoms with Crippen LogP contribution in [0.1, 0.15) is 65.2 Å². The van der Waals surface area contributed by atoms with Gasteiger partial charge in [0.15, 0.2) is 0 Å². The van der Waals surface area contributed by atoms with E-state index in [2.05, 4.69) is 13.0 Å². The van der Waals surface area contributed by atoms with Gasteiger partial charge in [-0.3, -0.25) is 9.59 Å². The molecule has 1 aliphatic carbocycles. The lowest BCUT2D eigenvalue weighted by atomic mass is 9.76. The van der Waals surface area contributed by atoms with Crippen molar-refractivity contribution in [2.45, 2.75) is 76.9 Å². The van der Waals surface area contributed by atoms with Crippen molar-refractivity contribution in [3.63, 3.8) is 0 Å². The first-order valence-corrected chi connectivity index (χ1v) is 9.65. The van der Waals surface area contributed by atoms with Gasteiger partial charge < -0.3 is 14.2 Å². The fourth-order valence-electron chi connectivity index (χ4n) is 3.57. The van der Waals surface area contributed by atoms with Gasteiger partial charge in [0.2, 0.25) is 0 Å².